The Labute approximate surface area is 102 Å². The summed E-state index contributed by atoms with van der Waals surface area (Å²) < 4.78 is 21.9. The zero-order valence-corrected chi connectivity index (χ0v) is 11.1. The summed E-state index contributed by atoms with van der Waals surface area (Å²) in [4.78, 5) is 8.35. The van der Waals surface area contributed by atoms with Gasteiger partial charge in [0.15, 0.2) is 0 Å². The number of anilines is 2. The Hall–Kier alpha value is -1.37. The van der Waals surface area contributed by atoms with Gasteiger partial charge < -0.3 is 11.1 Å². The normalized spacial score (nSPS) is 11.8. The van der Waals surface area contributed by atoms with E-state index in [9.17, 15) is 8.42 Å². The van der Waals surface area contributed by atoms with Gasteiger partial charge in [0.1, 0.15) is 27.3 Å². The molecule has 0 amide bonds. The van der Waals surface area contributed by atoms with Gasteiger partial charge in [0.05, 0.1) is 5.75 Å². The van der Waals surface area contributed by atoms with Crippen LogP contribution in [0, 0.1) is 0 Å². The van der Waals surface area contributed by atoms with E-state index >= 15 is 0 Å². The third-order valence-electron chi connectivity index (χ3n) is 2.06. The summed E-state index contributed by atoms with van der Waals surface area (Å²) in [7, 11) is -2.97. The van der Waals surface area contributed by atoms with E-state index < -0.39 is 9.84 Å². The first-order valence-corrected chi connectivity index (χ1v) is 7.40. The third-order valence-corrected chi connectivity index (χ3v) is 3.00. The molecule has 96 valence electrons. The fourth-order valence-electron chi connectivity index (χ4n) is 1.20. The van der Waals surface area contributed by atoms with E-state index in [-0.39, 0.29) is 11.7 Å². The average Bonchev–Trinajstić information content (AvgIpc) is 2.14. The highest BCUT2D eigenvalue weighted by Crippen LogP contribution is 2.14. The van der Waals surface area contributed by atoms with Gasteiger partial charge in [-0.15, -0.1) is 0 Å². The maximum Gasteiger partial charge on any atom is 0.149 e. The molecule has 0 saturated heterocycles. The molecule has 0 fully saturated rings. The van der Waals surface area contributed by atoms with Crippen LogP contribution in [-0.4, -0.2) is 36.9 Å². The van der Waals surface area contributed by atoms with Gasteiger partial charge in [0.25, 0.3) is 0 Å². The molecular weight excluding hydrogens is 240 g/mol. The lowest BCUT2D eigenvalue weighted by Gasteiger charge is -2.09. The quantitative estimate of drug-likeness (QED) is 0.804. The van der Waals surface area contributed by atoms with Crippen LogP contribution in [0.3, 0.4) is 0 Å². The Bertz CT molecular complexity index is 485. The molecule has 0 saturated carbocycles. The molecule has 0 aliphatic rings. The Morgan fingerprint density at radius 1 is 1.41 bits per heavy atom. The fraction of sp³-hybridized carbons (Fsp3) is 0.600. The van der Waals surface area contributed by atoms with E-state index in [1.165, 1.54) is 6.26 Å². The van der Waals surface area contributed by atoms with Crippen molar-refractivity contribution in [3.63, 3.8) is 0 Å². The molecular formula is C10H18N4O2S. The second-order valence-corrected chi connectivity index (χ2v) is 6.51. The number of hydrogen-bond acceptors (Lipinski definition) is 6. The highest BCUT2D eigenvalue weighted by atomic mass is 32.2. The zero-order valence-electron chi connectivity index (χ0n) is 10.3. The highest BCUT2D eigenvalue weighted by Gasteiger charge is 2.07. The minimum atomic E-state index is -2.97. The maximum atomic E-state index is 11.0. The molecule has 0 aliphatic carbocycles. The van der Waals surface area contributed by atoms with Crippen LogP contribution in [0.15, 0.2) is 6.07 Å². The molecule has 0 radical (unpaired) electrons. The fourth-order valence-corrected chi connectivity index (χ4v) is 1.67. The molecule has 1 rings (SSSR count). The van der Waals surface area contributed by atoms with Crippen LogP contribution < -0.4 is 11.1 Å². The highest BCUT2D eigenvalue weighted by molar-refractivity contribution is 7.90. The predicted octanol–water partition coefficient (Wildman–Crippen LogP) is 0.639. The van der Waals surface area contributed by atoms with Gasteiger partial charge in [0, 0.05) is 24.8 Å². The lowest BCUT2D eigenvalue weighted by Crippen LogP contribution is -2.15. The molecule has 7 heteroatoms. The number of nitrogens with two attached hydrogens (primary N) is 1. The topological polar surface area (TPSA) is 98.0 Å². The molecule has 0 atom stereocenters. The van der Waals surface area contributed by atoms with E-state index in [0.717, 1.165) is 0 Å². The smallest absolute Gasteiger partial charge is 0.149 e. The summed E-state index contributed by atoms with van der Waals surface area (Å²) in [5.41, 5.74) is 5.65. The van der Waals surface area contributed by atoms with Crippen LogP contribution >= 0.6 is 0 Å². The van der Waals surface area contributed by atoms with E-state index in [0.29, 0.717) is 24.0 Å². The molecule has 0 bridgehead atoms. The van der Waals surface area contributed by atoms with Gasteiger partial charge in [-0.2, -0.15) is 0 Å². The molecule has 0 spiro atoms. The SMILES string of the molecule is CC(C)c1nc(N)cc(NCCS(C)(=O)=O)n1. The van der Waals surface area contributed by atoms with Crippen molar-refractivity contribution in [2.75, 3.05) is 29.6 Å². The van der Waals surface area contributed by atoms with Crippen molar-refractivity contribution < 1.29 is 8.42 Å². The van der Waals surface area contributed by atoms with Crippen LogP contribution in [0.2, 0.25) is 0 Å². The van der Waals surface area contributed by atoms with Crippen LogP contribution in [-0.2, 0) is 9.84 Å². The summed E-state index contributed by atoms with van der Waals surface area (Å²) in [6, 6.07) is 1.59. The summed E-state index contributed by atoms with van der Waals surface area (Å²) in [6.07, 6.45) is 1.20. The van der Waals surface area contributed by atoms with Crippen molar-refractivity contribution in [1.82, 2.24) is 9.97 Å². The van der Waals surface area contributed by atoms with Gasteiger partial charge >= 0.3 is 0 Å². The number of aromatic nitrogens is 2. The largest absolute Gasteiger partial charge is 0.384 e. The van der Waals surface area contributed by atoms with Gasteiger partial charge in [-0.1, -0.05) is 13.8 Å². The molecule has 17 heavy (non-hydrogen) atoms. The van der Waals surface area contributed by atoms with Crippen LogP contribution in [0.1, 0.15) is 25.6 Å². The van der Waals surface area contributed by atoms with Gasteiger partial charge in [-0.25, -0.2) is 18.4 Å². The van der Waals surface area contributed by atoms with E-state index in [1.54, 1.807) is 6.07 Å². The Morgan fingerprint density at radius 3 is 2.59 bits per heavy atom. The van der Waals surface area contributed by atoms with Crippen molar-refractivity contribution in [3.05, 3.63) is 11.9 Å². The Balaban J connectivity index is 2.71. The molecule has 1 aromatic heterocycles. The lowest BCUT2D eigenvalue weighted by molar-refractivity contribution is 0.602. The first kappa shape index (κ1) is 13.7. The van der Waals surface area contributed by atoms with Crippen LogP contribution in [0.4, 0.5) is 11.6 Å². The average molecular weight is 258 g/mol. The molecule has 6 nitrogen and oxygen atoms in total. The van der Waals surface area contributed by atoms with E-state index in [4.69, 9.17) is 5.73 Å². The summed E-state index contributed by atoms with van der Waals surface area (Å²) in [5, 5.41) is 2.93. The molecule has 1 aromatic rings. The van der Waals surface area contributed by atoms with Crippen LogP contribution in [0.25, 0.3) is 0 Å². The predicted molar refractivity (Wildman–Crippen MR) is 68.7 cm³/mol. The Morgan fingerprint density at radius 2 is 2.06 bits per heavy atom. The lowest BCUT2D eigenvalue weighted by atomic mass is 10.2. The first-order valence-electron chi connectivity index (χ1n) is 5.34. The minimum absolute atomic E-state index is 0.0634. The number of hydrogen-bond donors (Lipinski definition) is 2. The number of rotatable bonds is 5. The summed E-state index contributed by atoms with van der Waals surface area (Å²) in [6.45, 7) is 4.25. The van der Waals surface area contributed by atoms with E-state index in [2.05, 4.69) is 15.3 Å². The third kappa shape index (κ3) is 4.99. The monoisotopic (exact) mass is 258 g/mol. The minimum Gasteiger partial charge on any atom is -0.384 e. The Kier molecular flexibility index (Phi) is 4.28. The van der Waals surface area contributed by atoms with Crippen molar-refractivity contribution in [2.45, 2.75) is 19.8 Å². The number of nitrogens with one attached hydrogen (secondary N) is 1. The molecule has 0 aliphatic heterocycles. The van der Waals surface area contributed by atoms with Gasteiger partial charge in [-0.05, 0) is 0 Å². The van der Waals surface area contributed by atoms with Crippen molar-refractivity contribution in [3.8, 4) is 0 Å². The zero-order chi connectivity index (χ0) is 13.1. The summed E-state index contributed by atoms with van der Waals surface area (Å²) in [5.74, 6) is 1.82. The summed E-state index contributed by atoms with van der Waals surface area (Å²) >= 11 is 0. The second-order valence-electron chi connectivity index (χ2n) is 4.25. The van der Waals surface area contributed by atoms with Crippen LogP contribution in [0.5, 0.6) is 0 Å². The second kappa shape index (κ2) is 5.31. The van der Waals surface area contributed by atoms with Gasteiger partial charge in [0.2, 0.25) is 0 Å². The maximum absolute atomic E-state index is 11.0. The first-order chi connectivity index (χ1) is 7.78. The molecule has 3 N–H and O–H groups in total. The van der Waals surface area contributed by atoms with Crippen molar-refractivity contribution in [2.24, 2.45) is 0 Å². The number of nitrogen functional groups attached to an aromatic ring is 1. The number of sulfone groups is 1. The standard InChI is InChI=1S/C10H18N4O2S/c1-7(2)10-13-8(11)6-9(14-10)12-4-5-17(3,15)16/h6-7H,4-5H2,1-3H3,(H3,11,12,13,14). The van der Waals surface area contributed by atoms with E-state index in [1.807, 2.05) is 13.8 Å². The molecule has 1 heterocycles. The molecule has 0 unspecified atom stereocenters. The molecule has 0 aromatic carbocycles. The van der Waals surface area contributed by atoms with Crippen molar-refractivity contribution in [1.29, 1.82) is 0 Å². The number of nitrogens with zero attached hydrogens (tertiary/aromatic N) is 2. The van der Waals surface area contributed by atoms with Crippen molar-refractivity contribution >= 4 is 21.5 Å². The van der Waals surface area contributed by atoms with Gasteiger partial charge in [-0.3, -0.25) is 0 Å².